The van der Waals surface area contributed by atoms with Crippen molar-refractivity contribution in [3.8, 4) is 0 Å². The van der Waals surface area contributed by atoms with Crippen LogP contribution in [0.25, 0.3) is 0 Å². The van der Waals surface area contributed by atoms with Gasteiger partial charge < -0.3 is 5.73 Å². The third kappa shape index (κ3) is 3.63. The number of nitrogens with two attached hydrogens (primary N) is 1. The predicted molar refractivity (Wildman–Crippen MR) is 65.9 cm³/mol. The third-order valence-corrected chi connectivity index (χ3v) is 3.60. The molecule has 0 fully saturated rings. The Labute approximate surface area is 107 Å². The van der Waals surface area contributed by atoms with Gasteiger partial charge in [-0.25, -0.2) is 4.98 Å². The van der Waals surface area contributed by atoms with Gasteiger partial charge in [-0.3, -0.25) is 5.41 Å². The monoisotopic (exact) mass is 277 g/mol. The SMILES string of the molecule is CCC(C)Sc1nc(C(F)(F)F)ccc1C(=N)N. The van der Waals surface area contributed by atoms with Crippen molar-refractivity contribution in [3.05, 3.63) is 23.4 Å². The number of hydrogen-bond acceptors (Lipinski definition) is 3. The van der Waals surface area contributed by atoms with Crippen LogP contribution in [0, 0.1) is 5.41 Å². The van der Waals surface area contributed by atoms with Crippen molar-refractivity contribution in [2.45, 2.75) is 36.7 Å². The first-order chi connectivity index (χ1) is 8.25. The number of rotatable bonds is 4. The minimum atomic E-state index is -4.49. The Morgan fingerprint density at radius 1 is 1.50 bits per heavy atom. The van der Waals surface area contributed by atoms with Crippen LogP contribution in [-0.2, 0) is 6.18 Å². The number of amidine groups is 1. The zero-order chi connectivity index (χ0) is 13.9. The molecule has 18 heavy (non-hydrogen) atoms. The van der Waals surface area contributed by atoms with E-state index in [1.807, 2.05) is 13.8 Å². The van der Waals surface area contributed by atoms with E-state index in [-0.39, 0.29) is 21.7 Å². The molecule has 0 saturated carbocycles. The highest BCUT2D eigenvalue weighted by atomic mass is 32.2. The average molecular weight is 277 g/mol. The van der Waals surface area contributed by atoms with Crippen molar-refractivity contribution < 1.29 is 13.2 Å². The van der Waals surface area contributed by atoms with Gasteiger partial charge in [-0.2, -0.15) is 13.2 Å². The number of aromatic nitrogens is 1. The third-order valence-electron chi connectivity index (χ3n) is 2.33. The van der Waals surface area contributed by atoms with Crippen molar-refractivity contribution in [2.24, 2.45) is 5.73 Å². The number of alkyl halides is 3. The normalized spacial score (nSPS) is 13.4. The molecule has 1 aromatic heterocycles. The number of nitrogen functional groups attached to an aromatic ring is 1. The molecule has 0 radical (unpaired) electrons. The molecule has 100 valence electrons. The van der Waals surface area contributed by atoms with E-state index < -0.39 is 11.9 Å². The number of hydrogen-bond donors (Lipinski definition) is 2. The number of thioether (sulfide) groups is 1. The van der Waals surface area contributed by atoms with Crippen LogP contribution in [0.1, 0.15) is 31.5 Å². The zero-order valence-electron chi connectivity index (χ0n) is 10.0. The summed E-state index contributed by atoms with van der Waals surface area (Å²) in [6, 6.07) is 2.04. The first-order valence-corrected chi connectivity index (χ1v) is 6.23. The highest BCUT2D eigenvalue weighted by molar-refractivity contribution is 7.99. The molecule has 0 spiro atoms. The van der Waals surface area contributed by atoms with Gasteiger partial charge in [0.05, 0.1) is 0 Å². The van der Waals surface area contributed by atoms with Gasteiger partial charge in [-0.15, -0.1) is 11.8 Å². The summed E-state index contributed by atoms with van der Waals surface area (Å²) in [6.45, 7) is 3.81. The molecule has 0 aromatic carbocycles. The molecule has 1 rings (SSSR count). The molecule has 0 amide bonds. The Bertz CT molecular complexity index is 446. The summed E-state index contributed by atoms with van der Waals surface area (Å²) in [4.78, 5) is 3.57. The van der Waals surface area contributed by atoms with Crippen LogP contribution in [0.3, 0.4) is 0 Å². The lowest BCUT2D eigenvalue weighted by atomic mass is 10.2. The number of pyridine rings is 1. The second-order valence-electron chi connectivity index (χ2n) is 3.80. The van der Waals surface area contributed by atoms with Gasteiger partial charge in [0.25, 0.3) is 0 Å². The van der Waals surface area contributed by atoms with Crippen LogP contribution in [0.4, 0.5) is 13.2 Å². The fraction of sp³-hybridized carbons (Fsp3) is 0.455. The molecule has 1 atom stereocenters. The average Bonchev–Trinajstić information content (AvgIpc) is 2.27. The van der Waals surface area contributed by atoms with Crippen molar-refractivity contribution >= 4 is 17.6 Å². The van der Waals surface area contributed by atoms with Gasteiger partial charge in [0.15, 0.2) is 0 Å². The molecule has 1 aromatic rings. The van der Waals surface area contributed by atoms with E-state index in [2.05, 4.69) is 4.98 Å². The topological polar surface area (TPSA) is 62.8 Å². The van der Waals surface area contributed by atoms with Crippen molar-refractivity contribution in [3.63, 3.8) is 0 Å². The molecule has 1 heterocycles. The van der Waals surface area contributed by atoms with E-state index >= 15 is 0 Å². The van der Waals surface area contributed by atoms with Gasteiger partial charge in [-0.05, 0) is 18.6 Å². The van der Waals surface area contributed by atoms with Gasteiger partial charge in [0.2, 0.25) is 0 Å². The Morgan fingerprint density at radius 3 is 2.56 bits per heavy atom. The number of nitrogens with zero attached hydrogens (tertiary/aromatic N) is 1. The number of halogens is 3. The molecule has 1 unspecified atom stereocenters. The molecule has 0 bridgehead atoms. The molecule has 0 aliphatic rings. The van der Waals surface area contributed by atoms with Crippen molar-refractivity contribution in [1.82, 2.24) is 4.98 Å². The highest BCUT2D eigenvalue weighted by Gasteiger charge is 2.33. The summed E-state index contributed by atoms with van der Waals surface area (Å²) in [5.74, 6) is -0.276. The highest BCUT2D eigenvalue weighted by Crippen LogP contribution is 2.32. The summed E-state index contributed by atoms with van der Waals surface area (Å²) in [5, 5.41) is 7.62. The first-order valence-electron chi connectivity index (χ1n) is 5.35. The van der Waals surface area contributed by atoms with Crippen LogP contribution in [-0.4, -0.2) is 16.1 Å². The van der Waals surface area contributed by atoms with Crippen molar-refractivity contribution in [2.75, 3.05) is 0 Å². The summed E-state index contributed by atoms with van der Waals surface area (Å²) in [6.07, 6.45) is -3.69. The van der Waals surface area contributed by atoms with E-state index in [4.69, 9.17) is 11.1 Å². The minimum absolute atomic E-state index is 0.110. The smallest absolute Gasteiger partial charge is 0.384 e. The van der Waals surface area contributed by atoms with E-state index in [1.165, 1.54) is 17.8 Å². The van der Waals surface area contributed by atoms with Crippen molar-refractivity contribution in [1.29, 1.82) is 5.41 Å². The maximum Gasteiger partial charge on any atom is 0.433 e. The van der Waals surface area contributed by atoms with E-state index in [0.29, 0.717) is 0 Å². The Kier molecular flexibility index (Phi) is 4.61. The minimum Gasteiger partial charge on any atom is -0.384 e. The summed E-state index contributed by atoms with van der Waals surface area (Å²) in [5.41, 5.74) is 4.62. The molecule has 0 aliphatic heterocycles. The second-order valence-corrected chi connectivity index (χ2v) is 5.22. The molecule has 0 saturated heterocycles. The maximum atomic E-state index is 12.6. The standard InChI is InChI=1S/C11H14F3N3S/c1-3-6(2)18-10-7(9(15)16)4-5-8(17-10)11(12,13)14/h4-6H,3H2,1-2H3,(H3,15,16). The second kappa shape index (κ2) is 5.60. The van der Waals surface area contributed by atoms with E-state index in [0.717, 1.165) is 12.5 Å². The lowest BCUT2D eigenvalue weighted by Gasteiger charge is -2.14. The Hall–Kier alpha value is -1.24. The molecule has 7 heteroatoms. The van der Waals surface area contributed by atoms with Crippen LogP contribution >= 0.6 is 11.8 Å². The molecule has 3 N–H and O–H groups in total. The fourth-order valence-electron chi connectivity index (χ4n) is 1.17. The number of nitrogens with one attached hydrogen (secondary N) is 1. The summed E-state index contributed by atoms with van der Waals surface area (Å²) in [7, 11) is 0. The molecule has 0 aliphatic carbocycles. The lowest BCUT2D eigenvalue weighted by Crippen LogP contribution is -2.16. The van der Waals surface area contributed by atoms with Gasteiger partial charge in [-0.1, -0.05) is 13.8 Å². The van der Waals surface area contributed by atoms with Crippen LogP contribution in [0.5, 0.6) is 0 Å². The van der Waals surface area contributed by atoms with Gasteiger partial charge in [0, 0.05) is 10.8 Å². The lowest BCUT2D eigenvalue weighted by molar-refractivity contribution is -0.141. The van der Waals surface area contributed by atoms with Gasteiger partial charge >= 0.3 is 6.18 Å². The van der Waals surface area contributed by atoms with Gasteiger partial charge in [0.1, 0.15) is 16.6 Å². The molecular formula is C11H14F3N3S. The van der Waals surface area contributed by atoms with Crippen LogP contribution in [0.15, 0.2) is 17.2 Å². The van der Waals surface area contributed by atoms with Crippen LogP contribution in [0.2, 0.25) is 0 Å². The zero-order valence-corrected chi connectivity index (χ0v) is 10.8. The van der Waals surface area contributed by atoms with E-state index in [1.54, 1.807) is 0 Å². The Morgan fingerprint density at radius 2 is 2.11 bits per heavy atom. The largest absolute Gasteiger partial charge is 0.433 e. The predicted octanol–water partition coefficient (Wildman–Crippen LogP) is 3.28. The van der Waals surface area contributed by atoms with Crippen LogP contribution < -0.4 is 5.73 Å². The molecule has 3 nitrogen and oxygen atoms in total. The molecular weight excluding hydrogens is 263 g/mol. The first kappa shape index (κ1) is 14.8. The fourth-order valence-corrected chi connectivity index (χ4v) is 2.17. The summed E-state index contributed by atoms with van der Waals surface area (Å²) < 4.78 is 37.7. The Balaban J connectivity index is 3.20. The quantitative estimate of drug-likeness (QED) is 0.504. The maximum absolute atomic E-state index is 12.6. The summed E-state index contributed by atoms with van der Waals surface area (Å²) >= 11 is 1.20. The van der Waals surface area contributed by atoms with E-state index in [9.17, 15) is 13.2 Å².